The number of aliphatic hydroxyl groups excluding tert-OH is 1. The van der Waals surface area contributed by atoms with E-state index in [4.69, 9.17) is 0 Å². The molecule has 2 aromatic carbocycles. The minimum Gasteiger partial charge on any atom is -0.388 e. The first-order chi connectivity index (χ1) is 9.34. The normalized spacial score (nSPS) is 20.4. The average molecular weight is 270 g/mol. The first kappa shape index (κ1) is 12.8. The lowest BCUT2D eigenvalue weighted by Crippen LogP contribution is -2.11. The molecule has 0 aliphatic carbocycles. The Morgan fingerprint density at radius 3 is 2.26 bits per heavy atom. The predicted octanol–water partition coefficient (Wildman–Crippen LogP) is 4.14. The van der Waals surface area contributed by atoms with Crippen LogP contribution in [-0.4, -0.2) is 16.6 Å². The van der Waals surface area contributed by atoms with Crippen LogP contribution in [0.5, 0.6) is 0 Å². The van der Waals surface area contributed by atoms with Crippen molar-refractivity contribution in [3.8, 4) is 11.1 Å². The van der Waals surface area contributed by atoms with Crippen LogP contribution in [0.3, 0.4) is 0 Å². The molecule has 2 unspecified atom stereocenters. The molecule has 1 aliphatic rings. The van der Waals surface area contributed by atoms with Crippen molar-refractivity contribution in [3.05, 3.63) is 60.2 Å². The molecule has 2 atom stereocenters. The summed E-state index contributed by atoms with van der Waals surface area (Å²) in [5.41, 5.74) is 3.48. The van der Waals surface area contributed by atoms with Gasteiger partial charge >= 0.3 is 0 Å². The van der Waals surface area contributed by atoms with E-state index in [0.29, 0.717) is 5.92 Å². The molecule has 1 aliphatic heterocycles. The van der Waals surface area contributed by atoms with E-state index in [0.717, 1.165) is 17.7 Å². The maximum absolute atomic E-state index is 10.4. The van der Waals surface area contributed by atoms with Gasteiger partial charge in [-0.25, -0.2) is 0 Å². The number of hydrogen-bond donors (Lipinski definition) is 1. The zero-order valence-electron chi connectivity index (χ0n) is 10.8. The molecule has 0 bridgehead atoms. The van der Waals surface area contributed by atoms with E-state index in [9.17, 15) is 5.11 Å². The Morgan fingerprint density at radius 1 is 0.947 bits per heavy atom. The quantitative estimate of drug-likeness (QED) is 0.904. The van der Waals surface area contributed by atoms with Gasteiger partial charge in [-0.15, -0.1) is 0 Å². The minimum atomic E-state index is -0.306. The van der Waals surface area contributed by atoms with Gasteiger partial charge in [0.25, 0.3) is 0 Å². The van der Waals surface area contributed by atoms with Crippen molar-refractivity contribution in [1.29, 1.82) is 0 Å². The van der Waals surface area contributed by atoms with E-state index in [-0.39, 0.29) is 6.10 Å². The topological polar surface area (TPSA) is 20.2 Å². The SMILES string of the molecule is OC(c1ccc(-c2ccccc2)cc1)C1CCSC1. The highest BCUT2D eigenvalue weighted by Crippen LogP contribution is 2.34. The molecule has 0 spiro atoms. The molecule has 98 valence electrons. The Balaban J connectivity index is 1.79. The lowest BCUT2D eigenvalue weighted by atomic mass is 9.94. The van der Waals surface area contributed by atoms with Gasteiger partial charge in [0.15, 0.2) is 0 Å². The molecule has 1 saturated heterocycles. The fraction of sp³-hybridized carbons (Fsp3) is 0.294. The van der Waals surface area contributed by atoms with Crippen molar-refractivity contribution >= 4 is 11.8 Å². The van der Waals surface area contributed by atoms with Crippen LogP contribution in [0.4, 0.5) is 0 Å². The Bertz CT molecular complexity index is 515. The maximum atomic E-state index is 10.4. The monoisotopic (exact) mass is 270 g/mol. The standard InChI is InChI=1S/C17H18OS/c18-17(16-10-11-19-12-16)15-8-6-14(7-9-15)13-4-2-1-3-5-13/h1-9,16-18H,10-12H2. The van der Waals surface area contributed by atoms with E-state index < -0.39 is 0 Å². The second-order valence-electron chi connectivity index (χ2n) is 5.06. The molecule has 2 heteroatoms. The van der Waals surface area contributed by atoms with Gasteiger partial charge < -0.3 is 5.11 Å². The molecule has 1 N–H and O–H groups in total. The van der Waals surface area contributed by atoms with Gasteiger partial charge in [0.05, 0.1) is 6.10 Å². The fourth-order valence-corrected chi connectivity index (χ4v) is 3.87. The van der Waals surface area contributed by atoms with Gasteiger partial charge in [-0.2, -0.15) is 11.8 Å². The van der Waals surface area contributed by atoms with Crippen LogP contribution in [0.1, 0.15) is 18.1 Å². The molecule has 0 saturated carbocycles. The lowest BCUT2D eigenvalue weighted by Gasteiger charge is -2.17. The summed E-state index contributed by atoms with van der Waals surface area (Å²) < 4.78 is 0. The second-order valence-corrected chi connectivity index (χ2v) is 6.21. The molecular formula is C17H18OS. The number of hydrogen-bond acceptors (Lipinski definition) is 2. The second kappa shape index (κ2) is 5.81. The fourth-order valence-electron chi connectivity index (χ4n) is 2.58. The molecular weight excluding hydrogens is 252 g/mol. The summed E-state index contributed by atoms with van der Waals surface area (Å²) in [5, 5.41) is 10.4. The summed E-state index contributed by atoms with van der Waals surface area (Å²) in [6.45, 7) is 0. The molecule has 1 nitrogen and oxygen atoms in total. The third-order valence-corrected chi connectivity index (χ3v) is 4.96. The Labute approximate surface area is 118 Å². The predicted molar refractivity (Wildman–Crippen MR) is 82.3 cm³/mol. The van der Waals surface area contributed by atoms with Crippen molar-refractivity contribution in [2.24, 2.45) is 5.92 Å². The van der Waals surface area contributed by atoms with Crippen LogP contribution in [0, 0.1) is 5.92 Å². The molecule has 2 aromatic rings. The first-order valence-corrected chi connectivity index (χ1v) is 7.91. The zero-order chi connectivity index (χ0) is 13.1. The molecule has 1 fully saturated rings. The lowest BCUT2D eigenvalue weighted by molar-refractivity contribution is 0.121. The Kier molecular flexibility index (Phi) is 3.90. The summed E-state index contributed by atoms with van der Waals surface area (Å²) in [4.78, 5) is 0. The van der Waals surface area contributed by atoms with Crippen LogP contribution >= 0.6 is 11.8 Å². The van der Waals surface area contributed by atoms with E-state index in [1.54, 1.807) is 0 Å². The number of aliphatic hydroxyl groups is 1. The smallest absolute Gasteiger partial charge is 0.0826 e. The summed E-state index contributed by atoms with van der Waals surface area (Å²) in [6.07, 6.45) is 0.826. The maximum Gasteiger partial charge on any atom is 0.0826 e. The number of thioether (sulfide) groups is 1. The molecule has 0 amide bonds. The van der Waals surface area contributed by atoms with E-state index >= 15 is 0 Å². The van der Waals surface area contributed by atoms with Gasteiger partial charge in [-0.1, -0.05) is 54.6 Å². The van der Waals surface area contributed by atoms with Crippen molar-refractivity contribution in [2.75, 3.05) is 11.5 Å². The minimum absolute atomic E-state index is 0.306. The summed E-state index contributed by atoms with van der Waals surface area (Å²) in [5.74, 6) is 2.69. The van der Waals surface area contributed by atoms with Crippen molar-refractivity contribution in [1.82, 2.24) is 0 Å². The third kappa shape index (κ3) is 2.85. The van der Waals surface area contributed by atoms with E-state index in [1.807, 2.05) is 30.0 Å². The molecule has 1 heterocycles. The zero-order valence-corrected chi connectivity index (χ0v) is 11.6. The van der Waals surface area contributed by atoms with Crippen LogP contribution in [0.2, 0.25) is 0 Å². The van der Waals surface area contributed by atoms with Crippen LogP contribution < -0.4 is 0 Å². The Morgan fingerprint density at radius 2 is 1.63 bits per heavy atom. The summed E-state index contributed by atoms with van der Waals surface area (Å²) in [6, 6.07) is 18.7. The molecule has 19 heavy (non-hydrogen) atoms. The Hall–Kier alpha value is -1.25. The molecule has 3 rings (SSSR count). The molecule has 0 radical (unpaired) electrons. The van der Waals surface area contributed by atoms with Crippen LogP contribution in [-0.2, 0) is 0 Å². The van der Waals surface area contributed by atoms with Gasteiger partial charge in [0.2, 0.25) is 0 Å². The van der Waals surface area contributed by atoms with Crippen LogP contribution in [0.25, 0.3) is 11.1 Å². The van der Waals surface area contributed by atoms with Gasteiger partial charge in [-0.05, 0) is 40.5 Å². The highest BCUT2D eigenvalue weighted by Gasteiger charge is 2.24. The van der Waals surface area contributed by atoms with Crippen molar-refractivity contribution < 1.29 is 5.11 Å². The largest absolute Gasteiger partial charge is 0.388 e. The van der Waals surface area contributed by atoms with Gasteiger partial charge in [0.1, 0.15) is 0 Å². The van der Waals surface area contributed by atoms with Gasteiger partial charge in [-0.3, -0.25) is 0 Å². The van der Waals surface area contributed by atoms with Crippen molar-refractivity contribution in [2.45, 2.75) is 12.5 Å². The molecule has 0 aromatic heterocycles. The van der Waals surface area contributed by atoms with E-state index in [2.05, 4.69) is 36.4 Å². The van der Waals surface area contributed by atoms with Crippen LogP contribution in [0.15, 0.2) is 54.6 Å². The van der Waals surface area contributed by atoms with Crippen molar-refractivity contribution in [3.63, 3.8) is 0 Å². The third-order valence-electron chi connectivity index (χ3n) is 3.77. The number of rotatable bonds is 3. The summed E-state index contributed by atoms with van der Waals surface area (Å²) in [7, 11) is 0. The number of benzene rings is 2. The highest BCUT2D eigenvalue weighted by molar-refractivity contribution is 7.99. The highest BCUT2D eigenvalue weighted by atomic mass is 32.2. The van der Waals surface area contributed by atoms with Gasteiger partial charge in [0, 0.05) is 0 Å². The average Bonchev–Trinajstić information content (AvgIpc) is 3.02. The summed E-state index contributed by atoms with van der Waals surface area (Å²) >= 11 is 1.95. The first-order valence-electron chi connectivity index (χ1n) is 6.76. The van der Waals surface area contributed by atoms with E-state index in [1.165, 1.54) is 16.9 Å².